The number of ketones is 1. The first-order valence-electron chi connectivity index (χ1n) is 12.9. The van der Waals surface area contributed by atoms with Crippen LogP contribution in [0.2, 0.25) is 0 Å². The number of anilines is 1. The van der Waals surface area contributed by atoms with Gasteiger partial charge in [-0.15, -0.1) is 0 Å². The summed E-state index contributed by atoms with van der Waals surface area (Å²) in [7, 11) is 1.58. The third kappa shape index (κ3) is 5.23. The predicted molar refractivity (Wildman–Crippen MR) is 146 cm³/mol. The van der Waals surface area contributed by atoms with E-state index in [0.29, 0.717) is 60.2 Å². The van der Waals surface area contributed by atoms with Gasteiger partial charge in [-0.3, -0.25) is 19.8 Å². The molecule has 0 spiro atoms. The summed E-state index contributed by atoms with van der Waals surface area (Å²) >= 11 is 0. The number of rotatable bonds is 7. The highest BCUT2D eigenvalue weighted by Gasteiger charge is 2.32. The maximum Gasteiger partial charge on any atom is 0.224 e. The van der Waals surface area contributed by atoms with Crippen molar-refractivity contribution in [2.24, 2.45) is 0 Å². The maximum atomic E-state index is 13.6. The third-order valence-corrected chi connectivity index (χ3v) is 6.91. The fourth-order valence-corrected chi connectivity index (χ4v) is 4.93. The number of hydrogen-bond acceptors (Lipinski definition) is 6. The first-order valence-corrected chi connectivity index (χ1v) is 12.9. The second kappa shape index (κ2) is 10.5. The molecule has 38 heavy (non-hydrogen) atoms. The Balaban J connectivity index is 1.64. The van der Waals surface area contributed by atoms with Crippen LogP contribution in [0.1, 0.15) is 67.2 Å². The molecule has 0 saturated heterocycles. The van der Waals surface area contributed by atoms with Gasteiger partial charge < -0.3 is 24.6 Å². The van der Waals surface area contributed by atoms with Crippen LogP contribution in [0.4, 0.5) is 5.69 Å². The largest absolute Gasteiger partial charge is 0.494 e. The van der Waals surface area contributed by atoms with Gasteiger partial charge in [0.05, 0.1) is 31.8 Å². The van der Waals surface area contributed by atoms with E-state index in [0.717, 1.165) is 11.1 Å². The molecule has 0 aliphatic carbocycles. The molecule has 2 N–H and O–H groups in total. The number of nitrogens with zero attached hydrogens (tertiary/aromatic N) is 2. The van der Waals surface area contributed by atoms with E-state index in [2.05, 4.69) is 5.32 Å². The second-order valence-electron chi connectivity index (χ2n) is 10.7. The molecule has 2 amide bonds. The number of likely N-dealkylation sites (N-methyl/N-ethyl adjacent to an activating group) is 1. The maximum absolute atomic E-state index is 13.6. The van der Waals surface area contributed by atoms with E-state index in [4.69, 9.17) is 14.9 Å². The van der Waals surface area contributed by atoms with Gasteiger partial charge in [-0.2, -0.15) is 0 Å². The van der Waals surface area contributed by atoms with Crippen molar-refractivity contribution in [2.45, 2.75) is 53.0 Å². The summed E-state index contributed by atoms with van der Waals surface area (Å²) in [6.07, 6.45) is 0.144. The topological polar surface area (TPSA) is 112 Å². The Morgan fingerprint density at radius 3 is 2.53 bits per heavy atom. The summed E-state index contributed by atoms with van der Waals surface area (Å²) in [4.78, 5) is 41.4. The minimum absolute atomic E-state index is 0.00552. The molecule has 0 fully saturated rings. The van der Waals surface area contributed by atoms with Crippen LogP contribution in [-0.2, 0) is 28.0 Å². The molecule has 0 bridgehead atoms. The number of amidine groups is 1. The molecule has 2 aromatic rings. The van der Waals surface area contributed by atoms with Gasteiger partial charge >= 0.3 is 0 Å². The molecule has 2 aliphatic heterocycles. The van der Waals surface area contributed by atoms with Gasteiger partial charge in [0.25, 0.3) is 0 Å². The molecule has 0 atom stereocenters. The van der Waals surface area contributed by atoms with Crippen LogP contribution in [0.3, 0.4) is 0 Å². The smallest absolute Gasteiger partial charge is 0.224 e. The quantitative estimate of drug-likeness (QED) is 0.541. The van der Waals surface area contributed by atoms with Gasteiger partial charge in [0.1, 0.15) is 23.9 Å². The van der Waals surface area contributed by atoms with E-state index in [1.54, 1.807) is 22.9 Å². The molecule has 0 unspecified atom stereocenters. The van der Waals surface area contributed by atoms with E-state index >= 15 is 0 Å². The van der Waals surface area contributed by atoms with Crippen molar-refractivity contribution in [1.29, 1.82) is 5.41 Å². The Morgan fingerprint density at radius 1 is 1.16 bits per heavy atom. The number of benzene rings is 2. The summed E-state index contributed by atoms with van der Waals surface area (Å²) in [5, 5.41) is 11.4. The van der Waals surface area contributed by atoms with E-state index in [1.165, 1.54) is 6.92 Å². The Hall–Kier alpha value is -3.88. The van der Waals surface area contributed by atoms with E-state index in [1.807, 2.05) is 45.9 Å². The lowest BCUT2D eigenvalue weighted by molar-refractivity contribution is -0.120. The van der Waals surface area contributed by atoms with E-state index < -0.39 is 0 Å². The highest BCUT2D eigenvalue weighted by atomic mass is 16.5. The van der Waals surface area contributed by atoms with Crippen LogP contribution in [0.5, 0.6) is 11.5 Å². The number of fused-ring (bicyclic) bond motifs is 2. The van der Waals surface area contributed by atoms with Crippen LogP contribution in [-0.4, -0.2) is 61.7 Å². The molecule has 2 aliphatic rings. The van der Waals surface area contributed by atoms with Crippen molar-refractivity contribution in [3.8, 4) is 11.5 Å². The average Bonchev–Trinajstić information content (AvgIpc) is 3.16. The number of carbonyl (C=O) groups excluding carboxylic acids is 3. The standard InChI is InChI=1S/C29H36N4O5/c1-7-37-25-13-20-15-32(28(30)21(20)10-19(25)14-26(36)31-6)16-24(35)18-11-22(29(3,4)5)27-23(12-18)33(17(2)34)8-9-38-27/h10-13,30H,7-9,14-16H2,1-6H3,(H,31,36). The normalized spacial score (nSPS) is 14.5. The molecular weight excluding hydrogens is 484 g/mol. The summed E-state index contributed by atoms with van der Waals surface area (Å²) in [6.45, 7) is 11.2. The van der Waals surface area contributed by atoms with Gasteiger partial charge in [0.15, 0.2) is 5.78 Å². The molecular formula is C29H36N4O5. The number of Topliss-reactive ketones (excluding diaryl/α,β-unsaturated/α-hetero) is 1. The lowest BCUT2D eigenvalue weighted by Gasteiger charge is -2.34. The Morgan fingerprint density at radius 2 is 1.89 bits per heavy atom. The van der Waals surface area contributed by atoms with Gasteiger partial charge in [0, 0.05) is 42.8 Å². The zero-order chi connectivity index (χ0) is 27.8. The minimum Gasteiger partial charge on any atom is -0.494 e. The van der Waals surface area contributed by atoms with Crippen LogP contribution in [0, 0.1) is 5.41 Å². The number of nitrogens with one attached hydrogen (secondary N) is 2. The van der Waals surface area contributed by atoms with Gasteiger partial charge in [-0.25, -0.2) is 0 Å². The van der Waals surface area contributed by atoms with Crippen molar-refractivity contribution < 1.29 is 23.9 Å². The van der Waals surface area contributed by atoms with Crippen molar-refractivity contribution in [3.05, 3.63) is 52.1 Å². The molecule has 9 nitrogen and oxygen atoms in total. The minimum atomic E-state index is -0.312. The van der Waals surface area contributed by atoms with Crippen molar-refractivity contribution in [3.63, 3.8) is 0 Å². The first kappa shape index (κ1) is 27.2. The number of carbonyl (C=O) groups is 3. The van der Waals surface area contributed by atoms with Crippen molar-refractivity contribution >= 4 is 29.1 Å². The van der Waals surface area contributed by atoms with Crippen molar-refractivity contribution in [1.82, 2.24) is 10.2 Å². The number of hydrogen-bond donors (Lipinski definition) is 2. The summed E-state index contributed by atoms with van der Waals surface area (Å²) in [5.41, 5.74) is 3.92. The first-order chi connectivity index (χ1) is 17.9. The average molecular weight is 521 g/mol. The third-order valence-electron chi connectivity index (χ3n) is 6.91. The highest BCUT2D eigenvalue weighted by molar-refractivity contribution is 6.06. The van der Waals surface area contributed by atoms with Gasteiger partial charge in [-0.1, -0.05) is 20.8 Å². The lowest BCUT2D eigenvalue weighted by atomic mass is 9.84. The Labute approximate surface area is 223 Å². The zero-order valence-electron chi connectivity index (χ0n) is 23.0. The number of ether oxygens (including phenoxy) is 2. The fraction of sp³-hybridized carbons (Fsp3) is 0.448. The zero-order valence-corrected chi connectivity index (χ0v) is 23.0. The summed E-state index contributed by atoms with van der Waals surface area (Å²) in [5.74, 6) is 1.09. The van der Waals surface area contributed by atoms with Crippen LogP contribution >= 0.6 is 0 Å². The molecule has 2 heterocycles. The molecule has 9 heteroatoms. The Bertz CT molecular complexity index is 1310. The monoisotopic (exact) mass is 520 g/mol. The van der Waals surface area contributed by atoms with Gasteiger partial charge in [-0.05, 0) is 42.2 Å². The van der Waals surface area contributed by atoms with E-state index in [9.17, 15) is 14.4 Å². The molecule has 202 valence electrons. The number of amides is 2. The van der Waals surface area contributed by atoms with E-state index in [-0.39, 0.29) is 41.8 Å². The lowest BCUT2D eigenvalue weighted by Crippen LogP contribution is -2.37. The second-order valence-corrected chi connectivity index (χ2v) is 10.7. The van der Waals surface area contributed by atoms with Crippen molar-refractivity contribution in [2.75, 3.05) is 38.3 Å². The fourth-order valence-electron chi connectivity index (χ4n) is 4.93. The summed E-state index contributed by atoms with van der Waals surface area (Å²) < 4.78 is 11.8. The molecule has 4 rings (SSSR count). The summed E-state index contributed by atoms with van der Waals surface area (Å²) in [6, 6.07) is 7.27. The van der Waals surface area contributed by atoms with Gasteiger partial charge in [0.2, 0.25) is 11.8 Å². The predicted octanol–water partition coefficient (Wildman–Crippen LogP) is 3.44. The molecule has 2 aromatic carbocycles. The highest BCUT2D eigenvalue weighted by Crippen LogP contribution is 2.42. The molecule has 0 saturated carbocycles. The molecule has 0 radical (unpaired) electrons. The molecule has 0 aromatic heterocycles. The van der Waals surface area contributed by atoms with Crippen LogP contribution in [0.15, 0.2) is 24.3 Å². The SMILES string of the molecule is CCOc1cc2c(cc1CC(=O)NC)C(=N)N(CC(=O)c1cc3c(c(C(C)(C)C)c1)OCCN3C(C)=O)C2. The van der Waals surface area contributed by atoms with Crippen LogP contribution < -0.4 is 19.7 Å². The Kier molecular flexibility index (Phi) is 7.49. The van der Waals surface area contributed by atoms with Crippen LogP contribution in [0.25, 0.3) is 0 Å².